The molecule has 5 rings (SSSR count). The van der Waals surface area contributed by atoms with Crippen molar-refractivity contribution in [3.63, 3.8) is 0 Å². The molecule has 58 heavy (non-hydrogen) atoms. The first kappa shape index (κ1) is 45.4. The van der Waals surface area contributed by atoms with Gasteiger partial charge >= 0.3 is 0 Å². The van der Waals surface area contributed by atoms with E-state index in [9.17, 15) is 37.5 Å². The van der Waals surface area contributed by atoms with Crippen molar-refractivity contribution in [2.75, 3.05) is 13.2 Å². The zero-order valence-electron chi connectivity index (χ0n) is 33.8. The number of ether oxygens (including phenoxy) is 1. The Morgan fingerprint density at radius 1 is 0.845 bits per heavy atom. The highest BCUT2D eigenvalue weighted by molar-refractivity contribution is 7.89. The molecule has 3 aromatic carbocycles. The summed E-state index contributed by atoms with van der Waals surface area (Å²) in [7, 11) is -4.07. The zero-order valence-corrected chi connectivity index (χ0v) is 34.6. The summed E-state index contributed by atoms with van der Waals surface area (Å²) in [6.07, 6.45) is -1.36. The molecule has 2 bridgehead atoms. The summed E-state index contributed by atoms with van der Waals surface area (Å²) in [6.45, 7) is 10.8. The first-order valence-corrected chi connectivity index (χ1v) is 21.0. The summed E-state index contributed by atoms with van der Waals surface area (Å²) >= 11 is 0. The molecule has 0 fully saturated rings. The van der Waals surface area contributed by atoms with Gasteiger partial charge in [0.05, 0.1) is 23.6 Å². The van der Waals surface area contributed by atoms with Gasteiger partial charge in [0.1, 0.15) is 23.9 Å². The third kappa shape index (κ3) is 13.1. The standard InChI is InChI=1S/C42H56N6O9S/c1-25(2)35-40(52)43-21-10-22-57-31-17-15-30(16-18-31)24-34(39(51)47-35)45-42(54)37(49)33(23-29-11-8-7-9-12-29)44-41(53)36(26(3)4)46-38(50)28(6)48-58(55,56)32-19-13-27(5)14-20-32/h7-9,11-20,25-26,28,33-37,48-49H,10,21-24H2,1-6H3,(H,43,52)(H,44,53)(H,45,54)(H,46,50)(H,47,51)/t28-,33-,34-,35-,36-,37+/m0/s1. The topological polar surface area (TPSA) is 221 Å². The third-order valence-corrected chi connectivity index (χ3v) is 11.3. The van der Waals surface area contributed by atoms with Gasteiger partial charge in [-0.2, -0.15) is 4.72 Å². The smallest absolute Gasteiger partial charge is 0.251 e. The Morgan fingerprint density at radius 2 is 1.50 bits per heavy atom. The van der Waals surface area contributed by atoms with Crippen LogP contribution in [-0.2, 0) is 46.8 Å². The van der Waals surface area contributed by atoms with Crippen LogP contribution in [0.15, 0.2) is 83.8 Å². The molecule has 2 heterocycles. The Morgan fingerprint density at radius 3 is 2.12 bits per heavy atom. The summed E-state index contributed by atoms with van der Waals surface area (Å²) in [4.78, 5) is 68.1. The van der Waals surface area contributed by atoms with Crippen molar-refractivity contribution in [3.05, 3.63) is 95.6 Å². The molecule has 0 aromatic heterocycles. The second kappa shape index (κ2) is 20.9. The number of carbonyl (C=O) groups is 5. The van der Waals surface area contributed by atoms with Crippen LogP contribution in [0, 0.1) is 18.8 Å². The fourth-order valence-corrected chi connectivity index (χ4v) is 7.45. The molecule has 15 nitrogen and oxygen atoms in total. The van der Waals surface area contributed by atoms with Gasteiger partial charge in [-0.15, -0.1) is 0 Å². The fraction of sp³-hybridized carbons (Fsp3) is 0.452. The Labute approximate surface area is 340 Å². The molecule has 314 valence electrons. The SMILES string of the molecule is Cc1ccc(S(=O)(=O)N[C@@H](C)C(=O)N[C@H](C(=O)N[C@@H](Cc2ccccc2)[C@@H](O)C(=O)N[C@H]2Cc3ccc(cc3)OCCCNC(=O)[C@H](C(C)C)NC2=O)C(C)C)cc1. The summed E-state index contributed by atoms with van der Waals surface area (Å²) in [5.74, 6) is -3.72. The van der Waals surface area contributed by atoms with Gasteiger partial charge in [-0.1, -0.05) is 87.9 Å². The number of rotatable bonds is 14. The molecule has 16 heteroatoms. The van der Waals surface area contributed by atoms with Gasteiger partial charge in [-0.05, 0) is 73.9 Å². The van der Waals surface area contributed by atoms with Crippen LogP contribution in [0.3, 0.4) is 0 Å². The maximum absolute atomic E-state index is 13.9. The number of fused-ring (bicyclic) bond motifs is 12. The maximum atomic E-state index is 13.9. The van der Waals surface area contributed by atoms with E-state index in [1.54, 1.807) is 94.4 Å². The second-order valence-electron chi connectivity index (χ2n) is 15.3. The molecule has 2 aliphatic rings. The lowest BCUT2D eigenvalue weighted by Gasteiger charge is -2.30. The van der Waals surface area contributed by atoms with Gasteiger partial charge < -0.3 is 36.4 Å². The van der Waals surface area contributed by atoms with E-state index >= 15 is 0 Å². The molecule has 2 aliphatic heterocycles. The average molecular weight is 821 g/mol. The van der Waals surface area contributed by atoms with E-state index in [0.29, 0.717) is 36.4 Å². The van der Waals surface area contributed by atoms with Gasteiger partial charge in [-0.3, -0.25) is 24.0 Å². The van der Waals surface area contributed by atoms with E-state index in [4.69, 9.17) is 4.74 Å². The minimum Gasteiger partial charge on any atom is -0.494 e. The lowest BCUT2D eigenvalue weighted by molar-refractivity contribution is -0.137. The summed E-state index contributed by atoms with van der Waals surface area (Å²) < 4.78 is 34.1. The summed E-state index contributed by atoms with van der Waals surface area (Å²) in [5.41, 5.74) is 2.20. The van der Waals surface area contributed by atoms with Crippen molar-refractivity contribution in [2.45, 2.75) is 102 Å². The second-order valence-corrected chi connectivity index (χ2v) is 17.0. The van der Waals surface area contributed by atoms with E-state index in [1.165, 1.54) is 19.1 Å². The Bertz CT molecular complexity index is 1980. The minimum absolute atomic E-state index is 0.0000268. The molecule has 6 atom stereocenters. The van der Waals surface area contributed by atoms with Crippen LogP contribution >= 0.6 is 0 Å². The Balaban J connectivity index is 1.55. The number of nitrogens with one attached hydrogen (secondary N) is 6. The van der Waals surface area contributed by atoms with E-state index in [-0.39, 0.29) is 23.7 Å². The minimum atomic E-state index is -4.07. The molecular formula is C42H56N6O9S. The molecule has 0 spiro atoms. The number of aryl methyl sites for hydroxylation is 1. The highest BCUT2D eigenvalue weighted by Gasteiger charge is 2.36. The van der Waals surface area contributed by atoms with Crippen LogP contribution < -0.4 is 36.0 Å². The lowest BCUT2D eigenvalue weighted by atomic mass is 9.97. The molecule has 0 aliphatic carbocycles. The average Bonchev–Trinajstić information content (AvgIpc) is 3.18. The van der Waals surface area contributed by atoms with Crippen molar-refractivity contribution in [1.82, 2.24) is 31.3 Å². The zero-order chi connectivity index (χ0) is 42.6. The molecule has 7 N–H and O–H groups in total. The molecule has 0 saturated heterocycles. The molecule has 5 amide bonds. The number of hydrogen-bond acceptors (Lipinski definition) is 9. The first-order chi connectivity index (χ1) is 27.4. The maximum Gasteiger partial charge on any atom is 0.251 e. The van der Waals surface area contributed by atoms with Crippen LogP contribution in [0.2, 0.25) is 0 Å². The molecule has 0 unspecified atom stereocenters. The van der Waals surface area contributed by atoms with E-state index in [1.807, 2.05) is 6.92 Å². The summed E-state index contributed by atoms with van der Waals surface area (Å²) in [5, 5.41) is 25.2. The van der Waals surface area contributed by atoms with E-state index < -0.39 is 81.8 Å². The van der Waals surface area contributed by atoms with Crippen LogP contribution in [-0.4, -0.2) is 92.5 Å². The predicted molar refractivity (Wildman–Crippen MR) is 218 cm³/mol. The van der Waals surface area contributed by atoms with E-state index in [0.717, 1.165) is 5.56 Å². The number of aliphatic hydroxyl groups excluding tert-OH is 1. The van der Waals surface area contributed by atoms with Gasteiger partial charge in [-0.25, -0.2) is 8.42 Å². The molecule has 3 aromatic rings. The van der Waals surface area contributed by atoms with Crippen LogP contribution in [0.5, 0.6) is 5.75 Å². The first-order valence-electron chi connectivity index (χ1n) is 19.5. The molecule has 0 saturated carbocycles. The van der Waals surface area contributed by atoms with Crippen molar-refractivity contribution in [3.8, 4) is 5.75 Å². The summed E-state index contributed by atoms with van der Waals surface area (Å²) in [6, 6.07) is 16.0. The van der Waals surface area contributed by atoms with Crippen LogP contribution in [0.4, 0.5) is 0 Å². The Hall–Kier alpha value is -5.32. The number of benzene rings is 3. The van der Waals surface area contributed by atoms with Crippen LogP contribution in [0.25, 0.3) is 0 Å². The number of aliphatic hydroxyl groups is 1. The van der Waals surface area contributed by atoms with Crippen molar-refractivity contribution in [2.24, 2.45) is 11.8 Å². The van der Waals surface area contributed by atoms with Crippen LogP contribution in [0.1, 0.15) is 57.7 Å². The normalized spacial score (nSPS) is 18.6. The number of sulfonamides is 1. The highest BCUT2D eigenvalue weighted by atomic mass is 32.2. The third-order valence-electron chi connectivity index (χ3n) is 9.71. The van der Waals surface area contributed by atoms with Gasteiger partial charge in [0, 0.05) is 13.0 Å². The quantitative estimate of drug-likeness (QED) is 0.126. The fourth-order valence-electron chi connectivity index (χ4n) is 6.25. The monoisotopic (exact) mass is 820 g/mol. The van der Waals surface area contributed by atoms with Crippen molar-refractivity contribution in [1.29, 1.82) is 0 Å². The van der Waals surface area contributed by atoms with Gasteiger partial charge in [0.25, 0.3) is 5.91 Å². The molecule has 0 radical (unpaired) electrons. The number of hydrogen-bond donors (Lipinski definition) is 7. The van der Waals surface area contributed by atoms with Crippen molar-refractivity contribution >= 4 is 39.6 Å². The predicted octanol–water partition coefficient (Wildman–Crippen LogP) is 1.66. The van der Waals surface area contributed by atoms with Gasteiger partial charge in [0.15, 0.2) is 6.10 Å². The lowest BCUT2D eigenvalue weighted by Crippen LogP contribution is -2.61. The number of amides is 5. The number of carbonyl (C=O) groups excluding carboxylic acids is 5. The highest BCUT2D eigenvalue weighted by Crippen LogP contribution is 2.16. The Kier molecular flexibility index (Phi) is 16.4. The van der Waals surface area contributed by atoms with Crippen molar-refractivity contribution < 1.29 is 42.2 Å². The van der Waals surface area contributed by atoms with Gasteiger partial charge in [0.2, 0.25) is 33.7 Å². The van der Waals surface area contributed by atoms with E-state index in [2.05, 4.69) is 31.3 Å². The largest absolute Gasteiger partial charge is 0.494 e. The molecular weight excluding hydrogens is 765 g/mol.